The van der Waals surface area contributed by atoms with Crippen molar-refractivity contribution in [3.8, 4) is 0 Å². The molecule has 0 saturated heterocycles. The van der Waals surface area contributed by atoms with Crippen LogP contribution in [0.5, 0.6) is 0 Å². The first kappa shape index (κ1) is 33.3. The van der Waals surface area contributed by atoms with Crippen molar-refractivity contribution in [2.75, 3.05) is 17.3 Å². The third-order valence-corrected chi connectivity index (χ3v) is 8.08. The second-order valence-electron chi connectivity index (χ2n) is 12.2. The van der Waals surface area contributed by atoms with E-state index in [-0.39, 0.29) is 5.92 Å². The smallest absolute Gasteiger partial charge is 0.412 e. The summed E-state index contributed by atoms with van der Waals surface area (Å²) in [6.45, 7) is 8.81. The molecule has 0 aliphatic rings. The van der Waals surface area contributed by atoms with Crippen LogP contribution in [-0.2, 0) is 4.74 Å². The Morgan fingerprint density at radius 1 is 0.936 bits per heavy atom. The summed E-state index contributed by atoms with van der Waals surface area (Å²) in [5.41, 5.74) is 3.10. The van der Waals surface area contributed by atoms with E-state index in [0.717, 1.165) is 20.9 Å². The van der Waals surface area contributed by atoms with Gasteiger partial charge in [0.25, 0.3) is 5.91 Å². The summed E-state index contributed by atoms with van der Waals surface area (Å²) in [4.78, 5) is 40.9. The summed E-state index contributed by atoms with van der Waals surface area (Å²) in [5.74, 6) is 0.350. The highest BCUT2D eigenvalue weighted by atomic mass is 32.2. The molecule has 1 atom stereocenters. The number of pyridine rings is 1. The lowest BCUT2D eigenvalue weighted by Crippen LogP contribution is -2.29. The van der Waals surface area contributed by atoms with Crippen molar-refractivity contribution in [3.63, 3.8) is 0 Å². The van der Waals surface area contributed by atoms with Crippen molar-refractivity contribution in [1.82, 2.24) is 20.3 Å². The van der Waals surface area contributed by atoms with Gasteiger partial charge >= 0.3 is 6.09 Å². The number of ether oxygens (including phenoxy) is 1. The van der Waals surface area contributed by atoms with E-state index in [0.29, 0.717) is 34.0 Å². The van der Waals surface area contributed by atoms with Gasteiger partial charge in [-0.3, -0.25) is 10.1 Å². The molecule has 0 radical (unpaired) electrons. The number of amides is 2. The number of aromatic nitrogens is 3. The lowest BCUT2D eigenvalue weighted by Gasteiger charge is -2.19. The quantitative estimate of drug-likeness (QED) is 0.137. The second kappa shape index (κ2) is 14.6. The molecule has 0 aliphatic carbocycles. The molecule has 47 heavy (non-hydrogen) atoms. The number of benzene rings is 3. The third kappa shape index (κ3) is 8.82. The number of nitrogens with zero attached hydrogens (tertiary/aromatic N) is 3. The van der Waals surface area contributed by atoms with Gasteiger partial charge in [0, 0.05) is 26.7 Å². The maximum absolute atomic E-state index is 14.0. The number of carbonyl (C=O) groups excluding carboxylic acids is 2. The van der Waals surface area contributed by atoms with Crippen LogP contribution in [0.2, 0.25) is 0 Å². The standard InChI is InChI=1S/C36H37FN6O3S/c1-22(2)28-17-16-27-32(41-28)38-21-39-33(27)42-29-19-24(34(44)43-30(20-37)23-9-7-6-8-10-23)11-18-31(29)47-26-14-12-25(13-15-26)40-35(45)46-36(3,4)5/h6-19,21-22,30H,20H2,1-5H3,(H,40,45)(H,43,44)(H,38,39,41,42). The number of hydrogen-bond acceptors (Lipinski definition) is 8. The highest BCUT2D eigenvalue weighted by molar-refractivity contribution is 7.99. The van der Waals surface area contributed by atoms with E-state index in [4.69, 9.17) is 9.72 Å². The molecule has 5 aromatic rings. The first-order chi connectivity index (χ1) is 22.5. The Balaban J connectivity index is 1.44. The molecular weight excluding hydrogens is 616 g/mol. The Morgan fingerprint density at radius 3 is 2.36 bits per heavy atom. The van der Waals surface area contributed by atoms with E-state index >= 15 is 0 Å². The SMILES string of the molecule is CC(C)c1ccc2c(Nc3cc(C(=O)NC(CF)c4ccccc4)ccc3Sc3ccc(NC(=O)OC(C)(C)C)cc3)ncnc2n1. The van der Waals surface area contributed by atoms with Crippen LogP contribution >= 0.6 is 11.8 Å². The monoisotopic (exact) mass is 652 g/mol. The molecule has 2 aromatic heterocycles. The van der Waals surface area contributed by atoms with Gasteiger partial charge < -0.3 is 15.4 Å². The summed E-state index contributed by atoms with van der Waals surface area (Å²) in [7, 11) is 0. The minimum Gasteiger partial charge on any atom is -0.444 e. The van der Waals surface area contributed by atoms with Gasteiger partial charge in [-0.25, -0.2) is 24.1 Å². The Labute approximate surface area is 277 Å². The summed E-state index contributed by atoms with van der Waals surface area (Å²) in [6, 6.07) is 24.7. The molecular formula is C36H37FN6O3S. The zero-order valence-electron chi connectivity index (χ0n) is 26.9. The minimum atomic E-state index is -0.783. The summed E-state index contributed by atoms with van der Waals surface area (Å²) >= 11 is 1.46. The van der Waals surface area contributed by atoms with E-state index < -0.39 is 30.3 Å². The number of carbonyl (C=O) groups is 2. The average Bonchev–Trinajstić information content (AvgIpc) is 3.04. The van der Waals surface area contributed by atoms with Gasteiger partial charge in [0.2, 0.25) is 0 Å². The van der Waals surface area contributed by atoms with Gasteiger partial charge in [0.15, 0.2) is 5.65 Å². The number of anilines is 3. The Bertz CT molecular complexity index is 1860. The lowest BCUT2D eigenvalue weighted by molar-refractivity contribution is 0.0635. The molecule has 242 valence electrons. The largest absolute Gasteiger partial charge is 0.444 e. The molecule has 0 spiro atoms. The Hall–Kier alpha value is -5.03. The highest BCUT2D eigenvalue weighted by Gasteiger charge is 2.19. The van der Waals surface area contributed by atoms with Crippen molar-refractivity contribution in [2.45, 2.75) is 62.0 Å². The molecule has 0 fully saturated rings. The first-order valence-electron chi connectivity index (χ1n) is 15.2. The molecule has 0 saturated carbocycles. The van der Waals surface area contributed by atoms with E-state index in [1.165, 1.54) is 18.1 Å². The van der Waals surface area contributed by atoms with E-state index in [1.54, 1.807) is 57.2 Å². The van der Waals surface area contributed by atoms with Crippen LogP contribution in [0.15, 0.2) is 101 Å². The molecule has 5 rings (SSSR count). The number of rotatable bonds is 10. The minimum absolute atomic E-state index is 0.235. The van der Waals surface area contributed by atoms with Crippen molar-refractivity contribution >= 4 is 52.0 Å². The van der Waals surface area contributed by atoms with E-state index in [1.807, 2.05) is 48.5 Å². The molecule has 1 unspecified atom stereocenters. The van der Waals surface area contributed by atoms with Gasteiger partial charge in [-0.15, -0.1) is 0 Å². The molecule has 0 bridgehead atoms. The number of nitrogens with one attached hydrogen (secondary N) is 3. The normalized spacial score (nSPS) is 12.1. The summed E-state index contributed by atoms with van der Waals surface area (Å²) in [5, 5.41) is 9.67. The molecule has 3 aromatic carbocycles. The summed E-state index contributed by atoms with van der Waals surface area (Å²) in [6.07, 6.45) is 0.917. The van der Waals surface area contributed by atoms with Crippen LogP contribution in [0.3, 0.4) is 0 Å². The van der Waals surface area contributed by atoms with Crippen LogP contribution in [0, 0.1) is 0 Å². The van der Waals surface area contributed by atoms with Gasteiger partial charge in [0.05, 0.1) is 17.1 Å². The van der Waals surface area contributed by atoms with E-state index in [2.05, 4.69) is 39.8 Å². The van der Waals surface area contributed by atoms with Crippen molar-refractivity contribution in [2.24, 2.45) is 0 Å². The van der Waals surface area contributed by atoms with Gasteiger partial charge in [0.1, 0.15) is 24.4 Å². The van der Waals surface area contributed by atoms with Crippen molar-refractivity contribution in [1.29, 1.82) is 0 Å². The number of hydrogen-bond donors (Lipinski definition) is 3. The fourth-order valence-electron chi connectivity index (χ4n) is 4.66. The predicted octanol–water partition coefficient (Wildman–Crippen LogP) is 8.83. The molecule has 2 amide bonds. The molecule has 2 heterocycles. The van der Waals surface area contributed by atoms with Crippen molar-refractivity contribution in [3.05, 3.63) is 108 Å². The fourth-order valence-corrected chi connectivity index (χ4v) is 5.54. The highest BCUT2D eigenvalue weighted by Crippen LogP contribution is 2.37. The first-order valence-corrected chi connectivity index (χ1v) is 16.0. The fraction of sp³-hybridized carbons (Fsp3) is 0.250. The van der Waals surface area contributed by atoms with Gasteiger partial charge in [-0.05, 0) is 86.8 Å². The molecule has 9 nitrogen and oxygen atoms in total. The van der Waals surface area contributed by atoms with E-state index in [9.17, 15) is 14.0 Å². The molecule has 11 heteroatoms. The van der Waals surface area contributed by atoms with Crippen LogP contribution in [0.25, 0.3) is 11.0 Å². The maximum atomic E-state index is 14.0. The average molecular weight is 653 g/mol. The molecule has 0 aliphatic heterocycles. The third-order valence-electron chi connectivity index (χ3n) is 6.99. The summed E-state index contributed by atoms with van der Waals surface area (Å²) < 4.78 is 19.4. The number of alkyl halides is 1. The topological polar surface area (TPSA) is 118 Å². The van der Waals surface area contributed by atoms with Crippen LogP contribution in [0.4, 0.5) is 26.4 Å². The second-order valence-corrected chi connectivity index (χ2v) is 13.3. The Morgan fingerprint density at radius 2 is 1.68 bits per heavy atom. The maximum Gasteiger partial charge on any atom is 0.412 e. The zero-order valence-corrected chi connectivity index (χ0v) is 27.7. The van der Waals surface area contributed by atoms with Gasteiger partial charge in [-0.1, -0.05) is 55.9 Å². The van der Waals surface area contributed by atoms with Crippen LogP contribution < -0.4 is 16.0 Å². The number of fused-ring (bicyclic) bond motifs is 1. The molecule has 3 N–H and O–H groups in total. The van der Waals surface area contributed by atoms with Crippen LogP contribution in [0.1, 0.15) is 68.2 Å². The predicted molar refractivity (Wildman–Crippen MR) is 184 cm³/mol. The zero-order chi connectivity index (χ0) is 33.6. The Kier molecular flexibility index (Phi) is 10.4. The number of halogens is 1. The lowest BCUT2D eigenvalue weighted by atomic mass is 10.1. The van der Waals surface area contributed by atoms with Crippen LogP contribution in [-0.4, -0.2) is 39.2 Å². The van der Waals surface area contributed by atoms with Crippen molar-refractivity contribution < 1.29 is 18.7 Å². The van der Waals surface area contributed by atoms with Gasteiger partial charge in [-0.2, -0.15) is 0 Å².